The van der Waals surface area contributed by atoms with Gasteiger partial charge in [-0.05, 0) is 94.1 Å². The second-order valence-electron chi connectivity index (χ2n) is 13.4. The maximum Gasteiger partial charge on any atom is 0.149 e. The van der Waals surface area contributed by atoms with E-state index < -0.39 is 0 Å². The van der Waals surface area contributed by atoms with Crippen molar-refractivity contribution in [3.63, 3.8) is 0 Å². The lowest BCUT2D eigenvalue weighted by atomic mass is 9.87. The fourth-order valence-electron chi connectivity index (χ4n) is 7.08. The number of nitrogens with zero attached hydrogens (tertiary/aromatic N) is 2. The third-order valence-corrected chi connectivity index (χ3v) is 9.56. The average Bonchev–Trinajstić information content (AvgIpc) is 3.65. The molecule has 0 N–H and O–H groups in total. The van der Waals surface area contributed by atoms with E-state index in [1.165, 1.54) is 45.5 Å². The van der Waals surface area contributed by atoms with Gasteiger partial charge < -0.3 is 4.42 Å². The molecule has 0 saturated heterocycles. The van der Waals surface area contributed by atoms with Gasteiger partial charge in [0.05, 0.1) is 22.3 Å². The number of aryl methyl sites for hydroxylation is 1. The van der Waals surface area contributed by atoms with E-state index in [-0.39, 0.29) is 17.7 Å². The number of rotatable bonds is 6. The molecule has 8 rings (SSSR count). The van der Waals surface area contributed by atoms with Crippen molar-refractivity contribution in [2.75, 3.05) is 0 Å². The first-order valence-electron chi connectivity index (χ1n) is 16.7. The van der Waals surface area contributed by atoms with Gasteiger partial charge in [-0.2, -0.15) is 0 Å². The summed E-state index contributed by atoms with van der Waals surface area (Å²) in [6, 6.07) is 41.4. The number of aromatic nitrogens is 2. The first kappa shape index (κ1) is 29.9. The molecule has 2 aromatic heterocycles. The number of halogens is 1. The first-order valence-corrected chi connectivity index (χ1v) is 16.7. The van der Waals surface area contributed by atoms with Gasteiger partial charge in [-0.25, -0.2) is 9.37 Å². The lowest BCUT2D eigenvalue weighted by molar-refractivity contribution is 0.618. The molecule has 0 unspecified atom stereocenters. The fourth-order valence-corrected chi connectivity index (χ4v) is 7.08. The summed E-state index contributed by atoms with van der Waals surface area (Å²) in [5.41, 5.74) is 13.7. The highest BCUT2D eigenvalue weighted by molar-refractivity contribution is 6.10. The van der Waals surface area contributed by atoms with Gasteiger partial charge in [0, 0.05) is 16.8 Å². The van der Waals surface area contributed by atoms with Crippen LogP contribution in [0.2, 0.25) is 0 Å². The molecule has 3 nitrogen and oxygen atoms in total. The van der Waals surface area contributed by atoms with Crippen LogP contribution in [0.1, 0.15) is 56.2 Å². The standard InChI is InChI=1S/C44H37FN2O/c1-26(2)36-23-32(31-18-16-30(17-19-31)29-11-7-6-8-12-29)24-37(27(3)4)42(36)47-39-14-10-9-13-38(39)46-44(47)41-28(5)15-21-35-34-22-20-33(45)25-40(34)48-43(35)41/h6-27H,1-5H3. The SMILES string of the molecule is Cc1ccc2c(oc3cc(F)ccc32)c1-c1nc2ccccc2n1-c1c(C(C)C)cc(-c2ccc(-c3ccccc3)cc2)cc1C(C)C. The van der Waals surface area contributed by atoms with Gasteiger partial charge in [0.15, 0.2) is 0 Å². The molecule has 0 aliphatic heterocycles. The molecule has 0 saturated carbocycles. The van der Waals surface area contributed by atoms with Crippen molar-refractivity contribution in [3.05, 3.63) is 144 Å². The van der Waals surface area contributed by atoms with Crippen LogP contribution >= 0.6 is 0 Å². The first-order chi connectivity index (χ1) is 23.3. The van der Waals surface area contributed by atoms with Crippen molar-refractivity contribution in [1.82, 2.24) is 9.55 Å². The van der Waals surface area contributed by atoms with Crippen molar-refractivity contribution in [1.29, 1.82) is 0 Å². The molecule has 0 bridgehead atoms. The lowest BCUT2D eigenvalue weighted by Crippen LogP contribution is -2.10. The highest BCUT2D eigenvalue weighted by Gasteiger charge is 2.26. The van der Waals surface area contributed by atoms with Gasteiger partial charge in [0.1, 0.15) is 22.8 Å². The number of hydrogen-bond acceptors (Lipinski definition) is 2. The number of furan rings is 1. The molecule has 0 amide bonds. The Bertz CT molecular complexity index is 2440. The van der Waals surface area contributed by atoms with Crippen molar-refractivity contribution in [2.45, 2.75) is 46.5 Å². The number of benzene rings is 6. The molecule has 6 aromatic carbocycles. The molecule has 0 aliphatic carbocycles. The van der Waals surface area contributed by atoms with Gasteiger partial charge in [0.25, 0.3) is 0 Å². The summed E-state index contributed by atoms with van der Waals surface area (Å²) in [6.45, 7) is 11.2. The quantitative estimate of drug-likeness (QED) is 0.183. The monoisotopic (exact) mass is 628 g/mol. The van der Waals surface area contributed by atoms with Crippen molar-refractivity contribution >= 4 is 33.0 Å². The molecule has 8 aromatic rings. The highest BCUT2D eigenvalue weighted by Crippen LogP contribution is 2.43. The van der Waals surface area contributed by atoms with Crippen LogP contribution in [-0.4, -0.2) is 9.55 Å². The number of para-hydroxylation sites is 2. The topological polar surface area (TPSA) is 31.0 Å². The Balaban J connectivity index is 1.40. The summed E-state index contributed by atoms with van der Waals surface area (Å²) >= 11 is 0. The third-order valence-electron chi connectivity index (χ3n) is 9.56. The molecule has 0 radical (unpaired) electrons. The van der Waals surface area contributed by atoms with E-state index >= 15 is 0 Å². The highest BCUT2D eigenvalue weighted by atomic mass is 19.1. The Morgan fingerprint density at radius 2 is 1.23 bits per heavy atom. The summed E-state index contributed by atoms with van der Waals surface area (Å²) in [7, 11) is 0. The maximum absolute atomic E-state index is 14.3. The molecule has 4 heteroatoms. The number of fused-ring (bicyclic) bond motifs is 4. The number of hydrogen-bond donors (Lipinski definition) is 0. The van der Waals surface area contributed by atoms with Crippen LogP contribution in [0.3, 0.4) is 0 Å². The van der Waals surface area contributed by atoms with E-state index in [2.05, 4.69) is 136 Å². The van der Waals surface area contributed by atoms with Crippen LogP contribution < -0.4 is 0 Å². The number of imidazole rings is 1. The fraction of sp³-hybridized carbons (Fsp3) is 0.159. The Kier molecular flexibility index (Phi) is 7.25. The Morgan fingerprint density at radius 3 is 1.92 bits per heavy atom. The molecule has 0 atom stereocenters. The van der Waals surface area contributed by atoms with Crippen LogP contribution in [0.15, 0.2) is 126 Å². The zero-order chi connectivity index (χ0) is 33.1. The Labute approximate surface area is 280 Å². The Hall–Kier alpha value is -5.48. The van der Waals surface area contributed by atoms with E-state index in [0.717, 1.165) is 50.0 Å². The molecule has 2 heterocycles. The van der Waals surface area contributed by atoms with Crippen LogP contribution in [0, 0.1) is 12.7 Å². The molecule has 236 valence electrons. The van der Waals surface area contributed by atoms with E-state index in [1.54, 1.807) is 6.07 Å². The second kappa shape index (κ2) is 11.6. The van der Waals surface area contributed by atoms with Crippen molar-refractivity contribution in [2.24, 2.45) is 0 Å². The smallest absolute Gasteiger partial charge is 0.149 e. The van der Waals surface area contributed by atoms with Crippen LogP contribution in [0.25, 0.3) is 72.3 Å². The predicted molar refractivity (Wildman–Crippen MR) is 198 cm³/mol. The molecular weight excluding hydrogens is 591 g/mol. The lowest BCUT2D eigenvalue weighted by Gasteiger charge is -2.24. The average molecular weight is 629 g/mol. The summed E-state index contributed by atoms with van der Waals surface area (Å²) < 4.78 is 23.1. The minimum atomic E-state index is -0.315. The predicted octanol–water partition coefficient (Wildman–Crippen LogP) is 12.6. The van der Waals surface area contributed by atoms with Gasteiger partial charge in [0.2, 0.25) is 0 Å². The van der Waals surface area contributed by atoms with Gasteiger partial charge >= 0.3 is 0 Å². The van der Waals surface area contributed by atoms with Crippen LogP contribution in [0.4, 0.5) is 4.39 Å². The molecule has 0 aliphatic rings. The van der Waals surface area contributed by atoms with Crippen LogP contribution in [-0.2, 0) is 0 Å². The Morgan fingerprint density at radius 1 is 0.625 bits per heavy atom. The molecule has 0 spiro atoms. The second-order valence-corrected chi connectivity index (χ2v) is 13.4. The van der Waals surface area contributed by atoms with Crippen molar-refractivity contribution in [3.8, 4) is 39.3 Å². The zero-order valence-corrected chi connectivity index (χ0v) is 27.9. The minimum absolute atomic E-state index is 0.237. The molecule has 48 heavy (non-hydrogen) atoms. The summed E-state index contributed by atoms with van der Waals surface area (Å²) in [5.74, 6) is 0.981. The van der Waals surface area contributed by atoms with E-state index in [4.69, 9.17) is 9.40 Å². The minimum Gasteiger partial charge on any atom is -0.455 e. The van der Waals surface area contributed by atoms with E-state index in [9.17, 15) is 4.39 Å². The summed E-state index contributed by atoms with van der Waals surface area (Å²) in [4.78, 5) is 5.31. The van der Waals surface area contributed by atoms with Crippen molar-refractivity contribution < 1.29 is 8.81 Å². The molecular formula is C44H37FN2O. The maximum atomic E-state index is 14.3. The normalized spacial score (nSPS) is 11.9. The van der Waals surface area contributed by atoms with Gasteiger partial charge in [-0.3, -0.25) is 4.57 Å². The van der Waals surface area contributed by atoms with Crippen LogP contribution in [0.5, 0.6) is 0 Å². The molecule has 0 fully saturated rings. The van der Waals surface area contributed by atoms with Gasteiger partial charge in [-0.15, -0.1) is 0 Å². The summed E-state index contributed by atoms with van der Waals surface area (Å²) in [6.07, 6.45) is 0. The van der Waals surface area contributed by atoms with Gasteiger partial charge in [-0.1, -0.05) is 107 Å². The largest absolute Gasteiger partial charge is 0.455 e. The zero-order valence-electron chi connectivity index (χ0n) is 27.9. The summed E-state index contributed by atoms with van der Waals surface area (Å²) in [5, 5.41) is 1.84. The van der Waals surface area contributed by atoms with E-state index in [0.29, 0.717) is 5.58 Å². The van der Waals surface area contributed by atoms with E-state index in [1.807, 2.05) is 6.07 Å². The third kappa shape index (κ3) is 4.91.